The maximum atomic E-state index is 4.72. The molecule has 0 fully saturated rings. The van der Waals surface area contributed by atoms with Crippen LogP contribution in [0.4, 0.5) is 0 Å². The number of aromatic nitrogens is 3. The van der Waals surface area contributed by atoms with Crippen molar-refractivity contribution in [2.45, 2.75) is 65.5 Å². The summed E-state index contributed by atoms with van der Waals surface area (Å²) < 4.78 is 2.34. The fourth-order valence-electron chi connectivity index (χ4n) is 3.48. The molecule has 2 N–H and O–H groups in total. The highest BCUT2D eigenvalue weighted by Gasteiger charge is 2.14. The van der Waals surface area contributed by atoms with E-state index in [1.807, 2.05) is 0 Å². The molecule has 1 aliphatic rings. The van der Waals surface area contributed by atoms with Gasteiger partial charge in [-0.2, -0.15) is 0 Å². The number of nitrogens with one attached hydrogen (secondary N) is 2. The topological polar surface area (TPSA) is 67.1 Å². The van der Waals surface area contributed by atoms with Crippen molar-refractivity contribution in [3.63, 3.8) is 0 Å². The molecular weight excluding hydrogens is 336 g/mol. The number of hydrogen-bond donors (Lipinski definition) is 2. The third kappa shape index (κ3) is 5.55. The number of aliphatic imine (C=N–C) groups is 1. The van der Waals surface area contributed by atoms with E-state index in [0.717, 1.165) is 50.7 Å². The molecule has 2 aromatic rings. The molecule has 0 atom stereocenters. The molecule has 27 heavy (non-hydrogen) atoms. The Morgan fingerprint density at radius 3 is 2.89 bits per heavy atom. The van der Waals surface area contributed by atoms with Gasteiger partial charge in [-0.3, -0.25) is 0 Å². The van der Waals surface area contributed by atoms with Crippen LogP contribution in [0.25, 0.3) is 0 Å². The van der Waals surface area contributed by atoms with Crippen LogP contribution in [0, 0.1) is 6.92 Å². The Bertz CT molecular complexity index is 749. The Labute approximate surface area is 162 Å². The number of nitrogens with zero attached hydrogens (tertiary/aromatic N) is 4. The van der Waals surface area contributed by atoms with Crippen molar-refractivity contribution in [2.75, 3.05) is 13.1 Å². The van der Waals surface area contributed by atoms with Crippen LogP contribution in [-0.4, -0.2) is 33.8 Å². The number of fused-ring (bicyclic) bond motifs is 1. The maximum absolute atomic E-state index is 4.72. The highest BCUT2D eigenvalue weighted by molar-refractivity contribution is 5.79. The van der Waals surface area contributed by atoms with E-state index in [1.165, 1.54) is 36.2 Å². The van der Waals surface area contributed by atoms with E-state index in [9.17, 15) is 0 Å². The van der Waals surface area contributed by atoms with E-state index < -0.39 is 0 Å². The van der Waals surface area contributed by atoms with Gasteiger partial charge < -0.3 is 15.2 Å². The third-order valence-corrected chi connectivity index (χ3v) is 5.07. The van der Waals surface area contributed by atoms with Gasteiger partial charge in [-0.25, -0.2) is 4.99 Å². The standard InChI is InChI=1S/C21H32N6/c1-3-22-21(24-16-18-11-7-6-10-17(18)2)23-14-9-13-20-26-25-19-12-5-4-8-15-27(19)20/h6-7,10-11H,3-5,8-9,12-16H2,1-2H3,(H2,22,23,24). The van der Waals surface area contributed by atoms with Gasteiger partial charge in [0, 0.05) is 32.5 Å². The van der Waals surface area contributed by atoms with E-state index in [0.29, 0.717) is 6.54 Å². The first-order valence-electron chi connectivity index (χ1n) is 10.3. The summed E-state index contributed by atoms with van der Waals surface area (Å²) >= 11 is 0. The van der Waals surface area contributed by atoms with Gasteiger partial charge in [-0.15, -0.1) is 10.2 Å². The second-order valence-corrected chi connectivity index (χ2v) is 7.15. The van der Waals surface area contributed by atoms with Crippen molar-refractivity contribution >= 4 is 5.96 Å². The summed E-state index contributed by atoms with van der Waals surface area (Å²) in [5.41, 5.74) is 2.55. The van der Waals surface area contributed by atoms with Gasteiger partial charge in [0.2, 0.25) is 0 Å². The lowest BCUT2D eigenvalue weighted by Gasteiger charge is -2.12. The molecule has 0 aliphatic carbocycles. The minimum atomic E-state index is 0.694. The molecule has 1 aliphatic heterocycles. The van der Waals surface area contributed by atoms with E-state index in [4.69, 9.17) is 4.99 Å². The van der Waals surface area contributed by atoms with Crippen molar-refractivity contribution < 1.29 is 0 Å². The summed E-state index contributed by atoms with van der Waals surface area (Å²) in [5, 5.41) is 15.6. The molecule has 1 aromatic carbocycles. The molecule has 146 valence electrons. The summed E-state index contributed by atoms with van der Waals surface area (Å²) in [6.45, 7) is 7.73. The molecule has 0 bridgehead atoms. The van der Waals surface area contributed by atoms with Gasteiger partial charge in [-0.05, 0) is 44.2 Å². The third-order valence-electron chi connectivity index (χ3n) is 5.07. The molecule has 0 radical (unpaired) electrons. The molecule has 0 unspecified atom stereocenters. The van der Waals surface area contributed by atoms with Gasteiger partial charge in [0.25, 0.3) is 0 Å². The number of aryl methyl sites for hydroxylation is 3. The average Bonchev–Trinajstić information content (AvgIpc) is 2.90. The summed E-state index contributed by atoms with van der Waals surface area (Å²) in [4.78, 5) is 4.72. The van der Waals surface area contributed by atoms with E-state index in [2.05, 4.69) is 63.5 Å². The number of benzene rings is 1. The summed E-state index contributed by atoms with van der Waals surface area (Å²) in [5.74, 6) is 3.18. The molecule has 3 rings (SSSR count). The van der Waals surface area contributed by atoms with Crippen LogP contribution in [-0.2, 0) is 25.9 Å². The van der Waals surface area contributed by atoms with Gasteiger partial charge in [0.15, 0.2) is 5.96 Å². The Kier molecular flexibility index (Phi) is 7.25. The minimum absolute atomic E-state index is 0.694. The number of guanidine groups is 1. The zero-order chi connectivity index (χ0) is 18.9. The van der Waals surface area contributed by atoms with Crippen LogP contribution >= 0.6 is 0 Å². The molecule has 6 heteroatoms. The Morgan fingerprint density at radius 2 is 2.04 bits per heavy atom. The first-order valence-corrected chi connectivity index (χ1v) is 10.3. The van der Waals surface area contributed by atoms with Gasteiger partial charge >= 0.3 is 0 Å². The van der Waals surface area contributed by atoms with Crippen molar-refractivity contribution in [1.82, 2.24) is 25.4 Å². The number of hydrogen-bond acceptors (Lipinski definition) is 3. The molecule has 1 aromatic heterocycles. The molecule has 0 saturated heterocycles. The zero-order valence-electron chi connectivity index (χ0n) is 16.7. The highest BCUT2D eigenvalue weighted by atomic mass is 15.3. The molecule has 0 amide bonds. The Balaban J connectivity index is 1.49. The van der Waals surface area contributed by atoms with Gasteiger partial charge in [-0.1, -0.05) is 30.7 Å². The average molecular weight is 369 g/mol. The van der Waals surface area contributed by atoms with E-state index in [-0.39, 0.29) is 0 Å². The predicted molar refractivity (Wildman–Crippen MR) is 110 cm³/mol. The fourth-order valence-corrected chi connectivity index (χ4v) is 3.48. The first kappa shape index (κ1) is 19.4. The normalized spacial score (nSPS) is 14.5. The number of rotatable bonds is 7. The Hall–Kier alpha value is -2.37. The second kappa shape index (κ2) is 10.1. The molecule has 0 saturated carbocycles. The van der Waals surface area contributed by atoms with Gasteiger partial charge in [0.1, 0.15) is 11.6 Å². The highest BCUT2D eigenvalue weighted by Crippen LogP contribution is 2.15. The van der Waals surface area contributed by atoms with Crippen LogP contribution in [0.3, 0.4) is 0 Å². The quantitative estimate of drug-likeness (QED) is 0.448. The lowest BCUT2D eigenvalue weighted by molar-refractivity contribution is 0.594. The van der Waals surface area contributed by atoms with Crippen LogP contribution in [0.1, 0.15) is 55.4 Å². The van der Waals surface area contributed by atoms with Crippen LogP contribution in [0.5, 0.6) is 0 Å². The van der Waals surface area contributed by atoms with Crippen LogP contribution < -0.4 is 10.6 Å². The van der Waals surface area contributed by atoms with Crippen LogP contribution in [0.2, 0.25) is 0 Å². The molecule has 2 heterocycles. The van der Waals surface area contributed by atoms with Crippen molar-refractivity contribution in [3.8, 4) is 0 Å². The summed E-state index contributed by atoms with van der Waals surface area (Å²) in [6, 6.07) is 8.41. The summed E-state index contributed by atoms with van der Waals surface area (Å²) in [6.07, 6.45) is 6.83. The van der Waals surface area contributed by atoms with Crippen LogP contribution in [0.15, 0.2) is 29.3 Å². The fraction of sp³-hybridized carbons (Fsp3) is 0.571. The minimum Gasteiger partial charge on any atom is -0.357 e. The maximum Gasteiger partial charge on any atom is 0.191 e. The van der Waals surface area contributed by atoms with E-state index in [1.54, 1.807) is 0 Å². The molecule has 0 spiro atoms. The predicted octanol–water partition coefficient (Wildman–Crippen LogP) is 3.00. The largest absolute Gasteiger partial charge is 0.357 e. The van der Waals surface area contributed by atoms with Gasteiger partial charge in [0.05, 0.1) is 6.54 Å². The Morgan fingerprint density at radius 1 is 1.15 bits per heavy atom. The lowest BCUT2D eigenvalue weighted by atomic mass is 10.1. The van der Waals surface area contributed by atoms with E-state index >= 15 is 0 Å². The first-order chi connectivity index (χ1) is 13.3. The second-order valence-electron chi connectivity index (χ2n) is 7.15. The monoisotopic (exact) mass is 368 g/mol. The summed E-state index contributed by atoms with van der Waals surface area (Å²) in [7, 11) is 0. The lowest BCUT2D eigenvalue weighted by Crippen LogP contribution is -2.38. The SMILES string of the molecule is CCNC(=NCc1ccccc1C)NCCCc1nnc2n1CCCCC2. The molecule has 6 nitrogen and oxygen atoms in total. The van der Waals surface area contributed by atoms with Crippen molar-refractivity contribution in [2.24, 2.45) is 4.99 Å². The smallest absolute Gasteiger partial charge is 0.191 e. The molecular formula is C21H32N6. The van der Waals surface area contributed by atoms with Crippen molar-refractivity contribution in [1.29, 1.82) is 0 Å². The van der Waals surface area contributed by atoms with Crippen molar-refractivity contribution in [3.05, 3.63) is 47.0 Å². The zero-order valence-corrected chi connectivity index (χ0v) is 16.7.